The Hall–Kier alpha value is -3.34. The molecule has 0 aliphatic heterocycles. The number of aromatic nitrogens is 2. The van der Waals surface area contributed by atoms with Crippen molar-refractivity contribution in [2.75, 3.05) is 44.1 Å². The van der Waals surface area contributed by atoms with Crippen LogP contribution in [0.4, 0.5) is 17.2 Å². The SMILES string of the molecule is COc1ccc(Br)c(Nc2nc3ccccc3nc2CCCCS(=O)c2cccc(NC(=O)CN(C)C)c2)c1. The van der Waals surface area contributed by atoms with Gasteiger partial charge in [0.1, 0.15) is 5.75 Å². The quantitative estimate of drug-likeness (QED) is 0.197. The number of carbonyl (C=O) groups is 1. The third kappa shape index (κ3) is 8.08. The van der Waals surface area contributed by atoms with Gasteiger partial charge in [-0.05, 0) is 91.8 Å². The number of unbranched alkanes of at least 4 members (excludes halogenated alkanes) is 1. The minimum atomic E-state index is -1.18. The number of benzene rings is 3. The molecule has 0 saturated heterocycles. The van der Waals surface area contributed by atoms with E-state index in [2.05, 4.69) is 26.6 Å². The molecular weight excluding hydrogens is 578 g/mol. The minimum absolute atomic E-state index is 0.107. The second-order valence-electron chi connectivity index (χ2n) is 9.30. The maximum atomic E-state index is 13.0. The largest absolute Gasteiger partial charge is 0.497 e. The van der Waals surface area contributed by atoms with E-state index in [0.29, 0.717) is 28.6 Å². The fraction of sp³-hybridized carbons (Fsp3) is 0.276. The number of likely N-dealkylation sites (N-methyl/N-ethyl adjacent to an activating group) is 1. The second-order valence-corrected chi connectivity index (χ2v) is 11.7. The second kappa shape index (κ2) is 13.6. The molecule has 3 aromatic carbocycles. The van der Waals surface area contributed by atoms with Gasteiger partial charge < -0.3 is 20.3 Å². The number of ether oxygens (including phenoxy) is 1. The lowest BCUT2D eigenvalue weighted by Gasteiger charge is -2.14. The molecule has 1 heterocycles. The minimum Gasteiger partial charge on any atom is -0.497 e. The van der Waals surface area contributed by atoms with Gasteiger partial charge in [-0.3, -0.25) is 9.00 Å². The summed E-state index contributed by atoms with van der Waals surface area (Å²) in [6.07, 6.45) is 2.23. The molecule has 4 rings (SSSR count). The number of amides is 1. The molecule has 0 saturated carbocycles. The first-order valence-electron chi connectivity index (χ1n) is 12.6. The number of hydrogen-bond acceptors (Lipinski definition) is 7. The number of methoxy groups -OCH3 is 1. The van der Waals surface area contributed by atoms with Crippen LogP contribution in [-0.4, -0.2) is 58.5 Å². The number of carbonyl (C=O) groups excluding carboxylic acids is 1. The summed E-state index contributed by atoms with van der Waals surface area (Å²) in [5.74, 6) is 1.83. The zero-order valence-electron chi connectivity index (χ0n) is 22.2. The van der Waals surface area contributed by atoms with Crippen LogP contribution in [0.1, 0.15) is 18.5 Å². The lowest BCUT2D eigenvalue weighted by molar-refractivity contribution is -0.116. The van der Waals surface area contributed by atoms with Crippen molar-refractivity contribution in [2.24, 2.45) is 0 Å². The van der Waals surface area contributed by atoms with Crippen LogP contribution in [0.2, 0.25) is 0 Å². The molecule has 0 bridgehead atoms. The molecule has 39 heavy (non-hydrogen) atoms. The van der Waals surface area contributed by atoms with E-state index in [-0.39, 0.29) is 12.5 Å². The molecule has 1 unspecified atom stereocenters. The van der Waals surface area contributed by atoms with Crippen LogP contribution in [0.15, 0.2) is 76.1 Å². The van der Waals surface area contributed by atoms with Gasteiger partial charge in [0, 0.05) is 26.9 Å². The molecular formula is C29H32BrN5O3S. The van der Waals surface area contributed by atoms with E-state index in [9.17, 15) is 9.00 Å². The monoisotopic (exact) mass is 609 g/mol. The van der Waals surface area contributed by atoms with Crippen molar-refractivity contribution in [3.63, 3.8) is 0 Å². The van der Waals surface area contributed by atoms with E-state index >= 15 is 0 Å². The molecule has 0 aliphatic rings. The molecule has 0 aliphatic carbocycles. The first-order valence-corrected chi connectivity index (χ1v) is 14.7. The van der Waals surface area contributed by atoms with Crippen LogP contribution in [0, 0.1) is 0 Å². The summed E-state index contributed by atoms with van der Waals surface area (Å²) in [7, 11) is 4.14. The maximum Gasteiger partial charge on any atom is 0.238 e. The highest BCUT2D eigenvalue weighted by atomic mass is 79.9. The van der Waals surface area contributed by atoms with Gasteiger partial charge in [0.15, 0.2) is 5.82 Å². The highest BCUT2D eigenvalue weighted by Gasteiger charge is 2.13. The van der Waals surface area contributed by atoms with E-state index in [4.69, 9.17) is 14.7 Å². The zero-order chi connectivity index (χ0) is 27.8. The van der Waals surface area contributed by atoms with Crippen LogP contribution in [0.3, 0.4) is 0 Å². The van der Waals surface area contributed by atoms with Crippen molar-refractivity contribution < 1.29 is 13.7 Å². The first-order chi connectivity index (χ1) is 18.8. The van der Waals surface area contributed by atoms with E-state index in [1.54, 1.807) is 18.1 Å². The topological polar surface area (TPSA) is 96.5 Å². The molecule has 204 valence electrons. The molecule has 0 radical (unpaired) electrons. The number of para-hydroxylation sites is 2. The third-order valence-corrected chi connectivity index (χ3v) is 8.03. The zero-order valence-corrected chi connectivity index (χ0v) is 24.6. The van der Waals surface area contributed by atoms with Gasteiger partial charge in [-0.1, -0.05) is 18.2 Å². The molecule has 0 fully saturated rings. The van der Waals surface area contributed by atoms with E-state index in [1.807, 2.05) is 74.8 Å². The van der Waals surface area contributed by atoms with Crippen LogP contribution in [0.5, 0.6) is 5.75 Å². The van der Waals surface area contributed by atoms with Gasteiger partial charge in [0.2, 0.25) is 5.91 Å². The Bertz CT molecular complexity index is 1480. The smallest absolute Gasteiger partial charge is 0.238 e. The average Bonchev–Trinajstić information content (AvgIpc) is 2.92. The highest BCUT2D eigenvalue weighted by Crippen LogP contribution is 2.31. The van der Waals surface area contributed by atoms with E-state index in [1.165, 1.54) is 0 Å². The van der Waals surface area contributed by atoms with Crippen molar-refractivity contribution in [3.05, 3.63) is 76.9 Å². The molecule has 4 aromatic rings. The summed E-state index contributed by atoms with van der Waals surface area (Å²) in [5.41, 5.74) is 3.97. The standard InChI is InChI=1S/C29H32BrN5O3S/c1-35(2)19-28(36)31-20-9-8-10-22(17-20)39(37)16-7-6-13-26-29(33-25-12-5-4-11-24(25)32-26)34-27-18-21(38-3)14-15-23(27)30/h4-5,8-12,14-15,17-18H,6-7,13,16,19H2,1-3H3,(H,31,36)(H,33,34). The van der Waals surface area contributed by atoms with Crippen molar-refractivity contribution in [2.45, 2.75) is 24.2 Å². The van der Waals surface area contributed by atoms with E-state index in [0.717, 1.165) is 45.5 Å². The number of fused-ring (bicyclic) bond motifs is 1. The van der Waals surface area contributed by atoms with Crippen LogP contribution < -0.4 is 15.4 Å². The number of hydrogen-bond donors (Lipinski definition) is 2. The Kier molecular flexibility index (Phi) is 10.0. The van der Waals surface area contributed by atoms with Crippen molar-refractivity contribution in [1.29, 1.82) is 0 Å². The van der Waals surface area contributed by atoms with Gasteiger partial charge >= 0.3 is 0 Å². The number of nitrogens with zero attached hydrogens (tertiary/aromatic N) is 3. The molecule has 1 aromatic heterocycles. The highest BCUT2D eigenvalue weighted by molar-refractivity contribution is 9.10. The predicted molar refractivity (Wildman–Crippen MR) is 161 cm³/mol. The fourth-order valence-corrected chi connectivity index (χ4v) is 5.55. The molecule has 8 nitrogen and oxygen atoms in total. The number of nitrogens with one attached hydrogen (secondary N) is 2. The Morgan fingerprint density at radius 1 is 1.00 bits per heavy atom. The summed E-state index contributed by atoms with van der Waals surface area (Å²) >= 11 is 3.60. The lowest BCUT2D eigenvalue weighted by atomic mass is 10.1. The van der Waals surface area contributed by atoms with Crippen molar-refractivity contribution >= 4 is 60.9 Å². The van der Waals surface area contributed by atoms with Crippen LogP contribution in [-0.2, 0) is 22.0 Å². The summed E-state index contributed by atoms with van der Waals surface area (Å²) in [6.45, 7) is 0.288. The summed E-state index contributed by atoms with van der Waals surface area (Å²) in [4.78, 5) is 24.3. The van der Waals surface area contributed by atoms with Gasteiger partial charge in [-0.2, -0.15) is 0 Å². The van der Waals surface area contributed by atoms with Gasteiger partial charge in [0.25, 0.3) is 0 Å². The Morgan fingerprint density at radius 2 is 1.77 bits per heavy atom. The summed E-state index contributed by atoms with van der Waals surface area (Å²) in [6, 6.07) is 20.8. The van der Waals surface area contributed by atoms with Gasteiger partial charge in [0.05, 0.1) is 46.9 Å². The summed E-state index contributed by atoms with van der Waals surface area (Å²) < 4.78 is 19.3. The predicted octanol–water partition coefficient (Wildman–Crippen LogP) is 5.78. The average molecular weight is 611 g/mol. The molecule has 10 heteroatoms. The normalized spacial score (nSPS) is 11.9. The molecule has 1 atom stereocenters. The Morgan fingerprint density at radius 3 is 2.51 bits per heavy atom. The summed E-state index contributed by atoms with van der Waals surface area (Å²) in [5, 5.41) is 6.28. The van der Waals surface area contributed by atoms with Crippen molar-refractivity contribution in [3.8, 4) is 5.75 Å². The van der Waals surface area contributed by atoms with Crippen LogP contribution >= 0.6 is 15.9 Å². The van der Waals surface area contributed by atoms with Gasteiger partial charge in [-0.15, -0.1) is 0 Å². The number of halogens is 1. The lowest BCUT2D eigenvalue weighted by Crippen LogP contribution is -2.27. The number of anilines is 3. The Labute approximate surface area is 239 Å². The first kappa shape index (κ1) is 28.7. The van der Waals surface area contributed by atoms with Crippen molar-refractivity contribution in [1.82, 2.24) is 14.9 Å². The maximum absolute atomic E-state index is 13.0. The number of aryl methyl sites for hydroxylation is 1. The molecule has 2 N–H and O–H groups in total. The van der Waals surface area contributed by atoms with E-state index < -0.39 is 10.8 Å². The number of rotatable bonds is 12. The Balaban J connectivity index is 1.42. The molecule has 0 spiro atoms. The third-order valence-electron chi connectivity index (χ3n) is 5.90. The van der Waals surface area contributed by atoms with Gasteiger partial charge in [-0.25, -0.2) is 9.97 Å². The van der Waals surface area contributed by atoms with Crippen LogP contribution in [0.25, 0.3) is 11.0 Å². The molecule has 1 amide bonds. The fourth-order valence-electron chi connectivity index (χ4n) is 4.01.